The van der Waals surface area contributed by atoms with E-state index in [1.807, 2.05) is 13.0 Å². The first kappa shape index (κ1) is 13.8. The highest BCUT2D eigenvalue weighted by molar-refractivity contribution is 8.13. The Morgan fingerprint density at radius 1 is 1.42 bits per heavy atom. The molecule has 1 heterocycles. The van der Waals surface area contributed by atoms with Gasteiger partial charge in [0.1, 0.15) is 5.75 Å². The van der Waals surface area contributed by atoms with Crippen LogP contribution in [0.15, 0.2) is 29.4 Å². The van der Waals surface area contributed by atoms with Gasteiger partial charge in [-0.25, -0.2) is 13.5 Å². The van der Waals surface area contributed by atoms with Crippen molar-refractivity contribution in [1.29, 1.82) is 0 Å². The van der Waals surface area contributed by atoms with Gasteiger partial charge in [-0.05, 0) is 18.6 Å². The fraction of sp³-hybridized carbons (Fsp3) is 0.273. The summed E-state index contributed by atoms with van der Waals surface area (Å²) in [4.78, 5) is 3.83. The van der Waals surface area contributed by atoms with Crippen LogP contribution in [0.4, 0.5) is 0 Å². The summed E-state index contributed by atoms with van der Waals surface area (Å²) in [6.45, 7) is 2.62. The molecule has 0 bridgehead atoms. The van der Waals surface area contributed by atoms with E-state index in [2.05, 4.69) is 15.2 Å². The highest BCUT2D eigenvalue weighted by Gasteiger charge is 2.16. The Bertz CT molecular complexity index is 669. The normalized spacial score (nSPS) is 11.5. The van der Waals surface area contributed by atoms with Crippen LogP contribution in [0, 0.1) is 0 Å². The number of rotatable bonds is 5. The zero-order valence-electron chi connectivity index (χ0n) is 10.1. The highest BCUT2D eigenvalue weighted by Crippen LogP contribution is 2.22. The standard InChI is InChI=1S/C11H12ClN3O3S/c1-2-6-18-9-5-3-4-8(7-9)10-13-11(15-14-10)19(12,16)17/h3-5,7H,2,6H2,1H3,(H,13,14,15). The predicted octanol–water partition coefficient (Wildman–Crippen LogP) is 2.19. The van der Waals surface area contributed by atoms with Crippen molar-refractivity contribution in [3.63, 3.8) is 0 Å². The smallest absolute Gasteiger partial charge is 0.296 e. The van der Waals surface area contributed by atoms with Gasteiger partial charge in [-0.15, -0.1) is 0 Å². The van der Waals surface area contributed by atoms with Gasteiger partial charge in [0.05, 0.1) is 6.61 Å². The monoisotopic (exact) mass is 301 g/mol. The summed E-state index contributed by atoms with van der Waals surface area (Å²) in [6.07, 6.45) is 0.902. The molecule has 6 nitrogen and oxygen atoms in total. The van der Waals surface area contributed by atoms with Crippen molar-refractivity contribution in [2.24, 2.45) is 0 Å². The average molecular weight is 302 g/mol. The van der Waals surface area contributed by atoms with E-state index >= 15 is 0 Å². The number of nitrogens with one attached hydrogen (secondary N) is 1. The average Bonchev–Trinajstić information content (AvgIpc) is 2.86. The van der Waals surface area contributed by atoms with Crippen molar-refractivity contribution in [2.45, 2.75) is 18.5 Å². The second kappa shape index (κ2) is 5.58. The van der Waals surface area contributed by atoms with Crippen LogP contribution in [0.1, 0.15) is 13.3 Å². The minimum atomic E-state index is -3.90. The van der Waals surface area contributed by atoms with Gasteiger partial charge in [-0.1, -0.05) is 19.1 Å². The molecule has 0 aliphatic heterocycles. The van der Waals surface area contributed by atoms with Crippen LogP contribution in [0.25, 0.3) is 11.4 Å². The second-order valence-corrected chi connectivity index (χ2v) is 6.26. The maximum Gasteiger partial charge on any atom is 0.296 e. The van der Waals surface area contributed by atoms with Crippen LogP contribution in [0.2, 0.25) is 0 Å². The van der Waals surface area contributed by atoms with E-state index in [9.17, 15) is 8.42 Å². The summed E-state index contributed by atoms with van der Waals surface area (Å²) in [5.74, 6) is 0.931. The van der Waals surface area contributed by atoms with Crippen molar-refractivity contribution in [2.75, 3.05) is 6.61 Å². The Kier molecular flexibility index (Phi) is 4.06. The molecule has 0 fully saturated rings. The molecule has 0 unspecified atom stereocenters. The van der Waals surface area contributed by atoms with E-state index in [1.54, 1.807) is 18.2 Å². The first-order valence-electron chi connectivity index (χ1n) is 5.61. The van der Waals surface area contributed by atoms with E-state index in [0.717, 1.165) is 6.42 Å². The molecule has 102 valence electrons. The Labute approximate surface area is 115 Å². The lowest BCUT2D eigenvalue weighted by Crippen LogP contribution is -1.95. The SMILES string of the molecule is CCCOc1cccc(-c2n[nH]c(S(=O)(=O)Cl)n2)c1. The zero-order chi connectivity index (χ0) is 13.9. The predicted molar refractivity (Wildman–Crippen MR) is 70.6 cm³/mol. The number of nitrogens with zero attached hydrogens (tertiary/aromatic N) is 2. The third-order valence-electron chi connectivity index (χ3n) is 2.26. The topological polar surface area (TPSA) is 84.9 Å². The molecule has 1 N–H and O–H groups in total. The molecular weight excluding hydrogens is 290 g/mol. The van der Waals surface area contributed by atoms with E-state index in [1.165, 1.54) is 0 Å². The van der Waals surface area contributed by atoms with Crippen LogP contribution in [-0.2, 0) is 9.05 Å². The third kappa shape index (κ3) is 3.45. The number of aromatic amines is 1. The van der Waals surface area contributed by atoms with E-state index in [-0.39, 0.29) is 11.0 Å². The number of H-pyrrole nitrogens is 1. The Morgan fingerprint density at radius 3 is 2.84 bits per heavy atom. The van der Waals surface area contributed by atoms with Crippen molar-refractivity contribution >= 4 is 19.7 Å². The summed E-state index contributed by atoms with van der Waals surface area (Å²) in [6, 6.07) is 7.09. The largest absolute Gasteiger partial charge is 0.494 e. The number of hydrogen-bond donors (Lipinski definition) is 1. The molecule has 0 amide bonds. The van der Waals surface area contributed by atoms with Crippen molar-refractivity contribution < 1.29 is 13.2 Å². The second-order valence-electron chi connectivity index (χ2n) is 3.78. The summed E-state index contributed by atoms with van der Waals surface area (Å²) in [5, 5.41) is 5.73. The minimum Gasteiger partial charge on any atom is -0.494 e. The molecule has 1 aromatic heterocycles. The molecule has 8 heteroatoms. The maximum atomic E-state index is 11.1. The zero-order valence-corrected chi connectivity index (χ0v) is 11.7. The molecule has 0 radical (unpaired) electrons. The minimum absolute atomic E-state index is 0.251. The number of aromatic nitrogens is 3. The third-order valence-corrected chi connectivity index (χ3v) is 3.34. The number of ether oxygens (including phenoxy) is 1. The van der Waals surface area contributed by atoms with Gasteiger partial charge in [0.2, 0.25) is 0 Å². The molecule has 19 heavy (non-hydrogen) atoms. The van der Waals surface area contributed by atoms with Crippen molar-refractivity contribution in [3.8, 4) is 17.1 Å². The fourth-order valence-electron chi connectivity index (χ4n) is 1.43. The van der Waals surface area contributed by atoms with Gasteiger partial charge >= 0.3 is 0 Å². The van der Waals surface area contributed by atoms with Crippen molar-refractivity contribution in [3.05, 3.63) is 24.3 Å². The highest BCUT2D eigenvalue weighted by atomic mass is 35.7. The Balaban J connectivity index is 2.29. The molecule has 2 aromatic rings. The molecular formula is C11H12ClN3O3S. The Hall–Kier alpha value is -1.60. The Morgan fingerprint density at radius 2 is 2.21 bits per heavy atom. The molecule has 1 aromatic carbocycles. The summed E-state index contributed by atoms with van der Waals surface area (Å²) in [5.41, 5.74) is 0.649. The molecule has 0 saturated carbocycles. The van der Waals surface area contributed by atoms with Crippen LogP contribution in [-0.4, -0.2) is 30.2 Å². The van der Waals surface area contributed by atoms with Crippen LogP contribution in [0.5, 0.6) is 5.75 Å². The fourth-order valence-corrected chi connectivity index (χ4v) is 1.99. The van der Waals surface area contributed by atoms with E-state index in [4.69, 9.17) is 15.4 Å². The lowest BCUT2D eigenvalue weighted by molar-refractivity contribution is 0.317. The van der Waals surface area contributed by atoms with Crippen LogP contribution in [0.3, 0.4) is 0 Å². The molecule has 2 rings (SSSR count). The van der Waals surface area contributed by atoms with E-state index in [0.29, 0.717) is 17.9 Å². The van der Waals surface area contributed by atoms with Crippen LogP contribution >= 0.6 is 10.7 Å². The summed E-state index contributed by atoms with van der Waals surface area (Å²) in [7, 11) is 1.27. The molecule has 0 atom stereocenters. The van der Waals surface area contributed by atoms with Crippen molar-refractivity contribution in [1.82, 2.24) is 15.2 Å². The van der Waals surface area contributed by atoms with Gasteiger partial charge in [0, 0.05) is 16.2 Å². The molecule has 0 saturated heterocycles. The van der Waals surface area contributed by atoms with Gasteiger partial charge in [0.25, 0.3) is 14.2 Å². The molecule has 0 aliphatic carbocycles. The van der Waals surface area contributed by atoms with Gasteiger partial charge in [-0.3, -0.25) is 0 Å². The van der Waals surface area contributed by atoms with Gasteiger partial charge in [-0.2, -0.15) is 10.1 Å². The van der Waals surface area contributed by atoms with Gasteiger partial charge in [0.15, 0.2) is 5.82 Å². The summed E-state index contributed by atoms with van der Waals surface area (Å²) >= 11 is 0. The van der Waals surface area contributed by atoms with Gasteiger partial charge < -0.3 is 4.74 Å². The lowest BCUT2D eigenvalue weighted by Gasteiger charge is -2.04. The lowest BCUT2D eigenvalue weighted by atomic mass is 10.2. The van der Waals surface area contributed by atoms with E-state index < -0.39 is 9.05 Å². The molecule has 0 spiro atoms. The maximum absolute atomic E-state index is 11.1. The number of halogens is 1. The quantitative estimate of drug-likeness (QED) is 0.856. The summed E-state index contributed by atoms with van der Waals surface area (Å²) < 4.78 is 27.7. The first-order valence-corrected chi connectivity index (χ1v) is 7.92. The number of benzene rings is 1. The number of hydrogen-bond acceptors (Lipinski definition) is 5. The van der Waals surface area contributed by atoms with Crippen LogP contribution < -0.4 is 4.74 Å². The first-order chi connectivity index (χ1) is 9.00. The molecule has 0 aliphatic rings.